The van der Waals surface area contributed by atoms with Crippen molar-refractivity contribution in [1.82, 2.24) is 5.32 Å². The van der Waals surface area contributed by atoms with Crippen molar-refractivity contribution >= 4 is 31.5 Å². The first-order valence-electron chi connectivity index (χ1n) is 10.2. The predicted octanol–water partition coefficient (Wildman–Crippen LogP) is 3.55. The van der Waals surface area contributed by atoms with Crippen LogP contribution >= 0.6 is 0 Å². The molecule has 0 spiro atoms. The Hall–Kier alpha value is -3.17. The number of carbonyl (C=O) groups excluding carboxylic acids is 1. The SMILES string of the molecule is CC(NC(=O)c1ccc(CN(c2ccccc2)S(C)(=O)=O)cc1)c1ccc(S(C)(=O)=O)cc1. The topological polar surface area (TPSA) is 101 Å². The van der Waals surface area contributed by atoms with Crippen molar-refractivity contribution in [1.29, 1.82) is 0 Å². The molecule has 0 aliphatic rings. The van der Waals surface area contributed by atoms with E-state index in [4.69, 9.17) is 0 Å². The molecule has 3 aromatic rings. The molecule has 1 amide bonds. The Morgan fingerprint density at radius 3 is 1.94 bits per heavy atom. The Labute approximate surface area is 195 Å². The molecule has 0 heterocycles. The smallest absolute Gasteiger partial charge is 0.251 e. The second-order valence-corrected chi connectivity index (χ2v) is 11.8. The molecule has 174 valence electrons. The van der Waals surface area contributed by atoms with Crippen LogP contribution in [0.4, 0.5) is 5.69 Å². The summed E-state index contributed by atoms with van der Waals surface area (Å²) in [6, 6.07) is 21.6. The largest absolute Gasteiger partial charge is 0.346 e. The molecule has 1 atom stereocenters. The summed E-state index contributed by atoms with van der Waals surface area (Å²) < 4.78 is 49.1. The Morgan fingerprint density at radius 1 is 0.848 bits per heavy atom. The molecule has 1 N–H and O–H groups in total. The van der Waals surface area contributed by atoms with E-state index in [0.717, 1.165) is 23.6 Å². The van der Waals surface area contributed by atoms with Gasteiger partial charge < -0.3 is 5.32 Å². The van der Waals surface area contributed by atoms with Crippen molar-refractivity contribution in [3.8, 4) is 0 Å². The van der Waals surface area contributed by atoms with Gasteiger partial charge in [0.15, 0.2) is 9.84 Å². The average Bonchev–Trinajstić information content (AvgIpc) is 2.77. The van der Waals surface area contributed by atoms with Gasteiger partial charge in [-0.1, -0.05) is 42.5 Å². The lowest BCUT2D eigenvalue weighted by atomic mass is 10.1. The van der Waals surface area contributed by atoms with Crippen LogP contribution in [-0.4, -0.2) is 35.3 Å². The lowest BCUT2D eigenvalue weighted by Crippen LogP contribution is -2.29. The van der Waals surface area contributed by atoms with Gasteiger partial charge >= 0.3 is 0 Å². The number of rotatable bonds is 8. The van der Waals surface area contributed by atoms with E-state index in [9.17, 15) is 21.6 Å². The molecule has 9 heteroatoms. The molecule has 7 nitrogen and oxygen atoms in total. The minimum Gasteiger partial charge on any atom is -0.346 e. The summed E-state index contributed by atoms with van der Waals surface area (Å²) in [5, 5.41) is 2.89. The number of para-hydroxylation sites is 1. The molecule has 3 aromatic carbocycles. The third-order valence-electron chi connectivity index (χ3n) is 5.14. The summed E-state index contributed by atoms with van der Waals surface area (Å²) in [6.45, 7) is 1.96. The molecule has 0 aliphatic heterocycles. The summed E-state index contributed by atoms with van der Waals surface area (Å²) in [5.74, 6) is -0.288. The number of carbonyl (C=O) groups is 1. The van der Waals surface area contributed by atoms with Crippen LogP contribution < -0.4 is 9.62 Å². The van der Waals surface area contributed by atoms with Crippen molar-refractivity contribution in [2.75, 3.05) is 16.8 Å². The molecule has 0 saturated heterocycles. The maximum atomic E-state index is 12.7. The molecule has 1 unspecified atom stereocenters. The highest BCUT2D eigenvalue weighted by atomic mass is 32.2. The molecule has 33 heavy (non-hydrogen) atoms. The first kappa shape index (κ1) is 24.5. The van der Waals surface area contributed by atoms with Gasteiger partial charge in [0.25, 0.3) is 5.91 Å². The summed E-state index contributed by atoms with van der Waals surface area (Å²) >= 11 is 0. The van der Waals surface area contributed by atoms with Gasteiger partial charge in [-0.3, -0.25) is 9.10 Å². The second kappa shape index (κ2) is 9.76. The lowest BCUT2D eigenvalue weighted by Gasteiger charge is -2.22. The van der Waals surface area contributed by atoms with Crippen LogP contribution in [0.2, 0.25) is 0 Å². The van der Waals surface area contributed by atoms with Crippen LogP contribution in [0, 0.1) is 0 Å². The minimum absolute atomic E-state index is 0.147. The Morgan fingerprint density at radius 2 is 1.42 bits per heavy atom. The van der Waals surface area contributed by atoms with Gasteiger partial charge in [0.05, 0.1) is 29.4 Å². The zero-order valence-corrected chi connectivity index (χ0v) is 20.2. The molecular formula is C24H26N2O5S2. The Kier molecular flexibility index (Phi) is 7.24. The molecule has 0 bridgehead atoms. The zero-order valence-electron chi connectivity index (χ0n) is 18.6. The van der Waals surface area contributed by atoms with E-state index in [1.165, 1.54) is 16.4 Å². The number of sulfonamides is 1. The van der Waals surface area contributed by atoms with Crippen molar-refractivity contribution in [2.45, 2.75) is 24.4 Å². The summed E-state index contributed by atoms with van der Waals surface area (Å²) in [6.07, 6.45) is 2.30. The summed E-state index contributed by atoms with van der Waals surface area (Å²) in [4.78, 5) is 12.9. The first-order chi connectivity index (χ1) is 15.4. The lowest BCUT2D eigenvalue weighted by molar-refractivity contribution is 0.0940. The first-order valence-corrected chi connectivity index (χ1v) is 13.9. The summed E-state index contributed by atoms with van der Waals surface area (Å²) in [5.41, 5.74) is 2.52. The van der Waals surface area contributed by atoms with Crippen molar-refractivity contribution < 1.29 is 21.6 Å². The van der Waals surface area contributed by atoms with E-state index < -0.39 is 19.9 Å². The van der Waals surface area contributed by atoms with Crippen LogP contribution in [-0.2, 0) is 26.4 Å². The number of hydrogen-bond donors (Lipinski definition) is 1. The number of anilines is 1. The molecule has 3 rings (SSSR count). The summed E-state index contributed by atoms with van der Waals surface area (Å²) in [7, 11) is -6.76. The molecular weight excluding hydrogens is 460 g/mol. The highest BCUT2D eigenvalue weighted by Crippen LogP contribution is 2.21. The van der Waals surface area contributed by atoms with E-state index in [1.54, 1.807) is 60.7 Å². The molecule has 0 saturated carbocycles. The molecule has 0 aromatic heterocycles. The van der Waals surface area contributed by atoms with E-state index in [2.05, 4.69) is 5.32 Å². The Balaban J connectivity index is 1.69. The molecule has 0 fully saturated rings. The fraction of sp³-hybridized carbons (Fsp3) is 0.208. The monoisotopic (exact) mass is 486 g/mol. The van der Waals surface area contributed by atoms with Gasteiger partial charge in [0.1, 0.15) is 0 Å². The third-order valence-corrected chi connectivity index (χ3v) is 7.41. The minimum atomic E-state index is -3.49. The fourth-order valence-corrected chi connectivity index (χ4v) is 4.81. The number of benzene rings is 3. The highest BCUT2D eigenvalue weighted by molar-refractivity contribution is 7.92. The van der Waals surface area contributed by atoms with E-state index >= 15 is 0 Å². The van der Waals surface area contributed by atoms with E-state index in [-0.39, 0.29) is 23.4 Å². The second-order valence-electron chi connectivity index (χ2n) is 7.84. The van der Waals surface area contributed by atoms with Gasteiger partial charge in [-0.2, -0.15) is 0 Å². The number of sulfone groups is 1. The van der Waals surface area contributed by atoms with Gasteiger partial charge in [-0.25, -0.2) is 16.8 Å². The normalized spacial score (nSPS) is 12.7. The third kappa shape index (κ3) is 6.43. The van der Waals surface area contributed by atoms with Gasteiger partial charge in [0.2, 0.25) is 10.0 Å². The van der Waals surface area contributed by atoms with Gasteiger partial charge in [0, 0.05) is 11.8 Å². The predicted molar refractivity (Wildman–Crippen MR) is 129 cm³/mol. The van der Waals surface area contributed by atoms with Crippen LogP contribution in [0.25, 0.3) is 0 Å². The zero-order chi connectivity index (χ0) is 24.2. The maximum absolute atomic E-state index is 12.7. The fourth-order valence-electron chi connectivity index (χ4n) is 3.29. The van der Waals surface area contributed by atoms with Crippen molar-refractivity contribution in [3.63, 3.8) is 0 Å². The van der Waals surface area contributed by atoms with Crippen molar-refractivity contribution in [2.24, 2.45) is 0 Å². The number of hydrogen-bond acceptors (Lipinski definition) is 5. The van der Waals surface area contributed by atoms with Gasteiger partial charge in [-0.05, 0) is 54.4 Å². The number of amides is 1. The van der Waals surface area contributed by atoms with Crippen molar-refractivity contribution in [3.05, 3.63) is 95.6 Å². The van der Waals surface area contributed by atoms with Crippen LogP contribution in [0.5, 0.6) is 0 Å². The molecule has 0 radical (unpaired) electrons. The van der Waals surface area contributed by atoms with E-state index in [1.807, 2.05) is 13.0 Å². The quantitative estimate of drug-likeness (QED) is 0.525. The average molecular weight is 487 g/mol. The standard InChI is InChI=1S/C24H26N2O5S2/c1-18(20-13-15-23(16-14-20)32(2,28)29)25-24(27)21-11-9-19(10-12-21)17-26(33(3,30)31)22-7-5-4-6-8-22/h4-16,18H,17H2,1-3H3,(H,25,27). The van der Waals surface area contributed by atoms with E-state index in [0.29, 0.717) is 11.3 Å². The van der Waals surface area contributed by atoms with Crippen LogP contribution in [0.15, 0.2) is 83.8 Å². The maximum Gasteiger partial charge on any atom is 0.251 e. The Bertz CT molecular complexity index is 1320. The number of nitrogens with one attached hydrogen (secondary N) is 1. The van der Waals surface area contributed by atoms with Crippen LogP contribution in [0.1, 0.15) is 34.5 Å². The van der Waals surface area contributed by atoms with Crippen LogP contribution in [0.3, 0.4) is 0 Å². The highest BCUT2D eigenvalue weighted by Gasteiger charge is 2.18. The number of nitrogens with zero attached hydrogens (tertiary/aromatic N) is 1. The van der Waals surface area contributed by atoms with Gasteiger partial charge in [-0.15, -0.1) is 0 Å². The molecule has 0 aliphatic carbocycles.